The molecule has 1 N–H and O–H groups in total. The number of hydrogen-bond donors (Lipinski definition) is 1. The van der Waals surface area contributed by atoms with Gasteiger partial charge in [0.2, 0.25) is 11.8 Å². The van der Waals surface area contributed by atoms with Gasteiger partial charge in [-0.05, 0) is 92.6 Å². The first kappa shape index (κ1) is 37.6. The van der Waals surface area contributed by atoms with Crippen molar-refractivity contribution in [2.24, 2.45) is 11.3 Å². The SMILES string of the molecule is N#Cc1ccc(OC2CC3N(C(=O)Oc4ccc(N5CCN(CC6CCN(c7ccc8c(c7)C(=O)N(C7CCC(=O)NC7=O)C8=O)CC6)CC5)cc4)C4CCC243)cc1Cl. The summed E-state index contributed by atoms with van der Waals surface area (Å²) < 4.78 is 12.2. The fraction of sp³-hybridized carbons (Fsp3) is 0.455. The maximum absolute atomic E-state index is 13.3. The van der Waals surface area contributed by atoms with Crippen molar-refractivity contribution in [3.05, 3.63) is 82.4 Å². The third-order valence-electron chi connectivity index (χ3n) is 14.0. The average molecular weight is 818 g/mol. The van der Waals surface area contributed by atoms with E-state index in [4.69, 9.17) is 26.3 Å². The van der Waals surface area contributed by atoms with Gasteiger partial charge >= 0.3 is 6.09 Å². The average Bonchev–Trinajstić information content (AvgIpc) is 3.47. The van der Waals surface area contributed by atoms with Crippen molar-refractivity contribution in [3.8, 4) is 17.6 Å². The van der Waals surface area contributed by atoms with Crippen molar-refractivity contribution in [3.63, 3.8) is 0 Å². The van der Waals surface area contributed by atoms with Crippen LogP contribution in [0.1, 0.15) is 71.2 Å². The monoisotopic (exact) mass is 817 g/mol. The van der Waals surface area contributed by atoms with E-state index in [2.05, 4.69) is 26.1 Å². The smallest absolute Gasteiger partial charge is 0.415 e. The number of piperazine rings is 1. The highest BCUT2D eigenvalue weighted by molar-refractivity contribution is 6.31. The Hall–Kier alpha value is -5.65. The van der Waals surface area contributed by atoms with Gasteiger partial charge in [0.15, 0.2) is 0 Å². The van der Waals surface area contributed by atoms with Crippen LogP contribution in [0.4, 0.5) is 16.2 Å². The molecule has 3 aromatic rings. The number of imide groups is 2. The Morgan fingerprint density at radius 3 is 2.20 bits per heavy atom. The second kappa shape index (κ2) is 14.6. The van der Waals surface area contributed by atoms with Gasteiger partial charge in [0.25, 0.3) is 11.8 Å². The fourth-order valence-corrected chi connectivity index (χ4v) is 10.9. The molecule has 15 heteroatoms. The molecule has 0 aromatic heterocycles. The van der Waals surface area contributed by atoms with E-state index in [1.54, 1.807) is 30.3 Å². The Kier molecular flexibility index (Phi) is 9.28. The number of fused-ring (bicyclic) bond motifs is 1. The maximum Gasteiger partial charge on any atom is 0.415 e. The van der Waals surface area contributed by atoms with Crippen molar-refractivity contribution in [2.75, 3.05) is 55.6 Å². The molecule has 5 aliphatic heterocycles. The van der Waals surface area contributed by atoms with Crippen LogP contribution in [-0.4, -0.2) is 114 Å². The van der Waals surface area contributed by atoms with Crippen LogP contribution in [0.25, 0.3) is 0 Å². The number of carbonyl (C=O) groups is 5. The lowest BCUT2D eigenvalue weighted by molar-refractivity contribution is -0.295. The van der Waals surface area contributed by atoms with Gasteiger partial charge in [-0.1, -0.05) is 11.6 Å². The first-order valence-corrected chi connectivity index (χ1v) is 21.0. The summed E-state index contributed by atoms with van der Waals surface area (Å²) in [6.45, 7) is 6.48. The Balaban J connectivity index is 0.666. The molecule has 1 spiro atoms. The number of nitrogens with one attached hydrogen (secondary N) is 1. The highest BCUT2D eigenvalue weighted by atomic mass is 35.5. The first-order valence-electron chi connectivity index (χ1n) is 20.7. The van der Waals surface area contributed by atoms with Crippen LogP contribution < -0.4 is 24.6 Å². The van der Waals surface area contributed by atoms with E-state index in [0.717, 1.165) is 94.2 Å². The molecule has 4 saturated heterocycles. The summed E-state index contributed by atoms with van der Waals surface area (Å²) in [6, 6.07) is 19.6. The van der Waals surface area contributed by atoms with Crippen molar-refractivity contribution in [1.29, 1.82) is 5.26 Å². The molecule has 7 aliphatic rings. The van der Waals surface area contributed by atoms with Gasteiger partial charge in [0.1, 0.15) is 29.7 Å². The zero-order valence-electron chi connectivity index (χ0n) is 32.5. The summed E-state index contributed by atoms with van der Waals surface area (Å²) in [4.78, 5) is 73.9. The Bertz CT molecular complexity index is 2290. The lowest BCUT2D eigenvalue weighted by Crippen LogP contribution is -2.88. The summed E-state index contributed by atoms with van der Waals surface area (Å²) >= 11 is 6.22. The molecular formula is C44H44ClN7O7. The first-order chi connectivity index (χ1) is 28.6. The minimum atomic E-state index is -0.971. The molecule has 0 radical (unpaired) electrons. The molecule has 10 rings (SSSR count). The van der Waals surface area contributed by atoms with E-state index in [-0.39, 0.29) is 42.5 Å². The molecule has 2 aliphatic carbocycles. The van der Waals surface area contributed by atoms with Crippen LogP contribution in [0.5, 0.6) is 11.5 Å². The van der Waals surface area contributed by atoms with Gasteiger partial charge in [-0.3, -0.25) is 34.3 Å². The largest absolute Gasteiger partial charge is 0.490 e. The Morgan fingerprint density at radius 1 is 0.814 bits per heavy atom. The minimum Gasteiger partial charge on any atom is -0.490 e. The number of anilines is 2. The summed E-state index contributed by atoms with van der Waals surface area (Å²) in [5.41, 5.74) is 3.01. The molecule has 6 fully saturated rings. The lowest BCUT2D eigenvalue weighted by atomic mass is 9.41. The zero-order valence-corrected chi connectivity index (χ0v) is 33.2. The highest BCUT2D eigenvalue weighted by Gasteiger charge is 2.78. The molecule has 5 amide bonds. The summed E-state index contributed by atoms with van der Waals surface area (Å²) in [5.74, 6) is -0.220. The van der Waals surface area contributed by atoms with E-state index in [1.165, 1.54) is 0 Å². The van der Waals surface area contributed by atoms with E-state index in [0.29, 0.717) is 39.1 Å². The summed E-state index contributed by atoms with van der Waals surface area (Å²) in [5, 5.41) is 11.8. The van der Waals surface area contributed by atoms with Gasteiger partial charge in [-0.25, -0.2) is 4.79 Å². The molecule has 59 heavy (non-hydrogen) atoms. The van der Waals surface area contributed by atoms with Crippen LogP contribution in [0.15, 0.2) is 60.7 Å². The molecule has 5 atom stereocenters. The highest BCUT2D eigenvalue weighted by Crippen LogP contribution is 2.69. The molecule has 304 valence electrons. The number of nitrogens with zero attached hydrogens (tertiary/aromatic N) is 6. The second-order valence-corrected chi connectivity index (χ2v) is 17.3. The molecule has 3 aromatic carbocycles. The quantitative estimate of drug-likeness (QED) is 0.311. The van der Waals surface area contributed by atoms with Gasteiger partial charge < -0.3 is 24.2 Å². The van der Waals surface area contributed by atoms with Gasteiger partial charge in [0.05, 0.1) is 27.8 Å². The van der Waals surface area contributed by atoms with Crippen LogP contribution >= 0.6 is 11.6 Å². The van der Waals surface area contributed by atoms with E-state index < -0.39 is 29.7 Å². The number of likely N-dealkylation sites (tertiary alicyclic amines) is 1. The van der Waals surface area contributed by atoms with Crippen LogP contribution in [0.2, 0.25) is 5.02 Å². The molecule has 0 bridgehead atoms. The normalized spacial score (nSPS) is 27.7. The van der Waals surface area contributed by atoms with E-state index in [1.807, 2.05) is 35.2 Å². The molecule has 5 unspecified atom stereocenters. The number of halogens is 1. The molecule has 14 nitrogen and oxygen atoms in total. The standard InChI is InChI=1S/C44H44ClN7O7/c45-34-22-31(5-1-27(34)24-46)58-38-23-37-44(38)14-11-36(44)52(37)43(57)59-30-6-2-28(3-7-30)50-19-17-48(18-20-50)25-26-12-15-49(16-13-26)29-4-8-32-33(21-29)42(56)51(41(32)55)35-9-10-39(53)47-40(35)54/h1-8,21-22,26,35-38H,9-20,23,25H2,(H,47,53,54). The van der Waals surface area contributed by atoms with E-state index in [9.17, 15) is 24.0 Å². The van der Waals surface area contributed by atoms with Gasteiger partial charge in [0, 0.05) is 87.6 Å². The van der Waals surface area contributed by atoms with Crippen LogP contribution in [0.3, 0.4) is 0 Å². The Morgan fingerprint density at radius 2 is 1.53 bits per heavy atom. The number of benzene rings is 3. The summed E-state index contributed by atoms with van der Waals surface area (Å²) in [7, 11) is 0. The number of nitriles is 1. The zero-order chi connectivity index (χ0) is 40.6. The fourth-order valence-electron chi connectivity index (χ4n) is 10.7. The number of rotatable bonds is 8. The van der Waals surface area contributed by atoms with Gasteiger partial charge in [-0.2, -0.15) is 5.26 Å². The number of amides is 5. The molecule has 5 heterocycles. The lowest BCUT2D eigenvalue weighted by Gasteiger charge is -2.77. The molecular weight excluding hydrogens is 774 g/mol. The number of carbonyl (C=O) groups excluding carboxylic acids is 5. The number of hydrogen-bond acceptors (Lipinski definition) is 11. The predicted octanol–water partition coefficient (Wildman–Crippen LogP) is 4.83. The van der Waals surface area contributed by atoms with Crippen LogP contribution in [0, 0.1) is 22.7 Å². The minimum absolute atomic E-state index is 0.0151. The second-order valence-electron chi connectivity index (χ2n) is 16.9. The van der Waals surface area contributed by atoms with Gasteiger partial charge in [-0.15, -0.1) is 0 Å². The third kappa shape index (κ3) is 6.28. The topological polar surface area (TPSA) is 156 Å². The summed E-state index contributed by atoms with van der Waals surface area (Å²) in [6.07, 6.45) is 4.68. The maximum atomic E-state index is 13.3. The van der Waals surface area contributed by atoms with E-state index >= 15 is 0 Å². The third-order valence-corrected chi connectivity index (χ3v) is 14.4. The van der Waals surface area contributed by atoms with Crippen molar-refractivity contribution in [2.45, 2.75) is 69.2 Å². The number of ether oxygens (including phenoxy) is 2. The Labute approximate surface area is 346 Å². The van der Waals surface area contributed by atoms with Crippen LogP contribution in [-0.2, 0) is 9.59 Å². The van der Waals surface area contributed by atoms with Crippen molar-refractivity contribution >= 4 is 52.7 Å². The number of piperidine rings is 4. The van der Waals surface area contributed by atoms with Crippen molar-refractivity contribution < 1.29 is 33.4 Å². The predicted molar refractivity (Wildman–Crippen MR) is 215 cm³/mol. The molecule has 2 saturated carbocycles. The van der Waals surface area contributed by atoms with Crippen molar-refractivity contribution in [1.82, 2.24) is 20.0 Å².